The average Bonchev–Trinajstić information content (AvgIpc) is 2.38. The van der Waals surface area contributed by atoms with Crippen molar-refractivity contribution in [3.05, 3.63) is 70.0 Å². The summed E-state index contributed by atoms with van der Waals surface area (Å²) in [5, 5.41) is 10.1. The molecule has 1 N–H and O–H groups in total. The molecule has 0 aromatic heterocycles. The van der Waals surface area contributed by atoms with E-state index in [1.807, 2.05) is 0 Å². The molecule has 0 fully saturated rings. The van der Waals surface area contributed by atoms with Gasteiger partial charge in [0.05, 0.1) is 0 Å². The highest BCUT2D eigenvalue weighted by molar-refractivity contribution is 5.37. The number of aliphatic hydroxyl groups excluding tert-OH is 1. The van der Waals surface area contributed by atoms with E-state index in [4.69, 9.17) is 0 Å². The van der Waals surface area contributed by atoms with Crippen molar-refractivity contribution < 1.29 is 18.3 Å². The molecule has 0 radical (unpaired) electrons. The molecular weight excluding hydrogens is 253 g/mol. The third kappa shape index (κ3) is 2.49. The zero-order valence-corrected chi connectivity index (χ0v) is 10.5. The van der Waals surface area contributed by atoms with Gasteiger partial charge in [0, 0.05) is 5.56 Å². The molecule has 2 aromatic carbocycles. The summed E-state index contributed by atoms with van der Waals surface area (Å²) in [6.07, 6.45) is -1.40. The summed E-state index contributed by atoms with van der Waals surface area (Å²) in [5.74, 6) is -2.63. The Kier molecular flexibility index (Phi) is 3.62. The van der Waals surface area contributed by atoms with Crippen molar-refractivity contribution in [2.24, 2.45) is 0 Å². The number of aryl methyl sites for hydroxylation is 2. The lowest BCUT2D eigenvalue weighted by atomic mass is 9.96. The van der Waals surface area contributed by atoms with Crippen LogP contribution in [-0.4, -0.2) is 5.11 Å². The first-order valence-corrected chi connectivity index (χ1v) is 5.80. The zero-order valence-electron chi connectivity index (χ0n) is 10.5. The van der Waals surface area contributed by atoms with E-state index >= 15 is 0 Å². The second-order valence-electron chi connectivity index (χ2n) is 4.50. The minimum absolute atomic E-state index is 0.157. The van der Waals surface area contributed by atoms with Crippen molar-refractivity contribution in [1.29, 1.82) is 0 Å². The van der Waals surface area contributed by atoms with Gasteiger partial charge in [0.25, 0.3) is 0 Å². The molecule has 2 rings (SSSR count). The molecule has 1 nitrogen and oxygen atoms in total. The van der Waals surface area contributed by atoms with Crippen molar-refractivity contribution in [1.82, 2.24) is 0 Å². The number of benzene rings is 2. The summed E-state index contributed by atoms with van der Waals surface area (Å²) in [5.41, 5.74) is 0.789. The van der Waals surface area contributed by atoms with Crippen LogP contribution in [0.2, 0.25) is 0 Å². The minimum Gasteiger partial charge on any atom is -0.384 e. The van der Waals surface area contributed by atoms with Gasteiger partial charge >= 0.3 is 0 Å². The van der Waals surface area contributed by atoms with Crippen LogP contribution in [0.1, 0.15) is 28.4 Å². The van der Waals surface area contributed by atoms with E-state index in [0.29, 0.717) is 5.56 Å². The molecule has 0 aliphatic heterocycles. The van der Waals surface area contributed by atoms with Crippen LogP contribution in [-0.2, 0) is 0 Å². The Bertz CT molecular complexity index is 623. The minimum atomic E-state index is -1.40. The highest BCUT2D eigenvalue weighted by atomic mass is 19.2. The molecule has 0 aliphatic rings. The molecule has 100 valence electrons. The second-order valence-corrected chi connectivity index (χ2v) is 4.50. The van der Waals surface area contributed by atoms with Gasteiger partial charge in [0.15, 0.2) is 11.6 Å². The van der Waals surface area contributed by atoms with Gasteiger partial charge in [0.1, 0.15) is 11.9 Å². The maximum absolute atomic E-state index is 13.8. The molecular formula is C15H13F3O. The van der Waals surface area contributed by atoms with E-state index in [2.05, 4.69) is 0 Å². The fourth-order valence-electron chi connectivity index (χ4n) is 1.95. The predicted molar refractivity (Wildman–Crippen MR) is 66.3 cm³/mol. The van der Waals surface area contributed by atoms with Crippen LogP contribution in [0.15, 0.2) is 30.3 Å². The van der Waals surface area contributed by atoms with Gasteiger partial charge in [-0.05, 0) is 42.7 Å². The molecule has 1 unspecified atom stereocenters. The van der Waals surface area contributed by atoms with Crippen molar-refractivity contribution >= 4 is 0 Å². The number of hydrogen-bond acceptors (Lipinski definition) is 1. The topological polar surface area (TPSA) is 20.2 Å². The Labute approximate surface area is 109 Å². The smallest absolute Gasteiger partial charge is 0.165 e. The SMILES string of the molecule is Cc1ccc(F)cc1C(O)c1ccc(C)c(F)c1F. The second kappa shape index (κ2) is 5.05. The summed E-state index contributed by atoms with van der Waals surface area (Å²) in [6.45, 7) is 3.10. The molecule has 0 spiro atoms. The molecule has 0 amide bonds. The molecule has 0 saturated carbocycles. The van der Waals surface area contributed by atoms with Gasteiger partial charge in [-0.1, -0.05) is 18.2 Å². The Balaban J connectivity index is 2.53. The molecule has 4 heteroatoms. The maximum Gasteiger partial charge on any atom is 0.165 e. The Morgan fingerprint density at radius 2 is 1.47 bits per heavy atom. The summed E-state index contributed by atoms with van der Waals surface area (Å²) < 4.78 is 40.5. The average molecular weight is 266 g/mol. The maximum atomic E-state index is 13.8. The Morgan fingerprint density at radius 1 is 0.842 bits per heavy atom. The highest BCUT2D eigenvalue weighted by Crippen LogP contribution is 2.29. The summed E-state index contributed by atoms with van der Waals surface area (Å²) in [6, 6.07) is 6.54. The van der Waals surface area contributed by atoms with Gasteiger partial charge < -0.3 is 5.11 Å². The molecule has 0 bridgehead atoms. The molecule has 2 aromatic rings. The summed E-state index contributed by atoms with van der Waals surface area (Å²) in [4.78, 5) is 0. The highest BCUT2D eigenvalue weighted by Gasteiger charge is 2.20. The van der Waals surface area contributed by atoms with Crippen molar-refractivity contribution in [3.63, 3.8) is 0 Å². The van der Waals surface area contributed by atoms with E-state index < -0.39 is 23.6 Å². The standard InChI is InChI=1S/C15H13F3O/c1-8-3-5-10(16)7-12(8)15(19)11-6-4-9(2)13(17)14(11)18/h3-7,15,19H,1-2H3. The zero-order chi connectivity index (χ0) is 14.2. The molecule has 0 heterocycles. The summed E-state index contributed by atoms with van der Waals surface area (Å²) >= 11 is 0. The summed E-state index contributed by atoms with van der Waals surface area (Å²) in [7, 11) is 0. The first-order valence-electron chi connectivity index (χ1n) is 5.80. The predicted octanol–water partition coefficient (Wildman–Crippen LogP) is 3.80. The van der Waals surface area contributed by atoms with Crippen LogP contribution < -0.4 is 0 Å². The lowest BCUT2D eigenvalue weighted by Crippen LogP contribution is -2.07. The van der Waals surface area contributed by atoms with Crippen LogP contribution in [0.4, 0.5) is 13.2 Å². The van der Waals surface area contributed by atoms with E-state index in [1.54, 1.807) is 6.92 Å². The molecule has 0 aliphatic carbocycles. The monoisotopic (exact) mass is 266 g/mol. The first kappa shape index (κ1) is 13.6. The number of hydrogen-bond donors (Lipinski definition) is 1. The Hall–Kier alpha value is -1.81. The largest absolute Gasteiger partial charge is 0.384 e. The van der Waals surface area contributed by atoms with E-state index in [-0.39, 0.29) is 16.7 Å². The van der Waals surface area contributed by atoms with Gasteiger partial charge in [-0.25, -0.2) is 13.2 Å². The fourth-order valence-corrected chi connectivity index (χ4v) is 1.95. The van der Waals surface area contributed by atoms with Crippen molar-refractivity contribution in [2.45, 2.75) is 20.0 Å². The van der Waals surface area contributed by atoms with Crippen LogP contribution in [0.25, 0.3) is 0 Å². The third-order valence-electron chi connectivity index (χ3n) is 3.14. The lowest BCUT2D eigenvalue weighted by Gasteiger charge is -2.16. The first-order chi connectivity index (χ1) is 8.91. The fraction of sp³-hybridized carbons (Fsp3) is 0.200. The number of rotatable bonds is 2. The molecule has 0 saturated heterocycles. The number of halogens is 3. The van der Waals surface area contributed by atoms with E-state index in [0.717, 1.165) is 6.07 Å². The van der Waals surface area contributed by atoms with Crippen LogP contribution >= 0.6 is 0 Å². The molecule has 19 heavy (non-hydrogen) atoms. The van der Waals surface area contributed by atoms with Crippen molar-refractivity contribution in [2.75, 3.05) is 0 Å². The van der Waals surface area contributed by atoms with Gasteiger partial charge in [-0.2, -0.15) is 0 Å². The van der Waals surface area contributed by atoms with Gasteiger partial charge in [0.2, 0.25) is 0 Å². The van der Waals surface area contributed by atoms with E-state index in [9.17, 15) is 18.3 Å². The number of aliphatic hydroxyl groups is 1. The van der Waals surface area contributed by atoms with Crippen LogP contribution in [0, 0.1) is 31.3 Å². The quantitative estimate of drug-likeness (QED) is 0.876. The van der Waals surface area contributed by atoms with Crippen LogP contribution in [0.5, 0.6) is 0 Å². The Morgan fingerprint density at radius 3 is 2.16 bits per heavy atom. The normalized spacial score (nSPS) is 12.5. The van der Waals surface area contributed by atoms with Gasteiger partial charge in [-0.3, -0.25) is 0 Å². The molecule has 1 atom stereocenters. The lowest BCUT2D eigenvalue weighted by molar-refractivity contribution is 0.212. The van der Waals surface area contributed by atoms with Crippen LogP contribution in [0.3, 0.4) is 0 Å². The van der Waals surface area contributed by atoms with Gasteiger partial charge in [-0.15, -0.1) is 0 Å². The van der Waals surface area contributed by atoms with E-state index in [1.165, 1.54) is 31.2 Å². The third-order valence-corrected chi connectivity index (χ3v) is 3.14. The van der Waals surface area contributed by atoms with Crippen molar-refractivity contribution in [3.8, 4) is 0 Å².